The van der Waals surface area contributed by atoms with Crippen molar-refractivity contribution in [3.05, 3.63) is 30.1 Å². The van der Waals surface area contributed by atoms with Crippen LogP contribution in [0.1, 0.15) is 58.6 Å². The van der Waals surface area contributed by atoms with Gasteiger partial charge in [0.05, 0.1) is 5.69 Å². The number of aliphatic hydroxyl groups is 1. The van der Waals surface area contributed by atoms with Crippen LogP contribution in [-0.4, -0.2) is 28.3 Å². The van der Waals surface area contributed by atoms with Crippen molar-refractivity contribution in [3.8, 4) is 0 Å². The summed E-state index contributed by atoms with van der Waals surface area (Å²) in [5.41, 5.74) is -2.89. The monoisotopic (exact) mass is 311 g/mol. The Kier molecular flexibility index (Phi) is 6.94. The van der Waals surface area contributed by atoms with E-state index < -0.39 is 17.2 Å². The molecule has 0 aliphatic carbocycles. The molecule has 0 amide bonds. The molecule has 0 bridgehead atoms. The molecule has 124 valence electrons. The molecule has 1 heterocycles. The minimum Gasteiger partial charge on any atom is -0.457 e. The Morgan fingerprint density at radius 1 is 1.23 bits per heavy atom. The number of halogens is 1. The van der Waals surface area contributed by atoms with E-state index >= 15 is 4.39 Å². The molecule has 0 radical (unpaired) electrons. The van der Waals surface area contributed by atoms with Crippen molar-refractivity contribution < 1.29 is 19.0 Å². The van der Waals surface area contributed by atoms with E-state index in [0.29, 0.717) is 12.8 Å². The van der Waals surface area contributed by atoms with Crippen molar-refractivity contribution in [1.82, 2.24) is 4.98 Å². The van der Waals surface area contributed by atoms with Crippen molar-refractivity contribution in [2.24, 2.45) is 0 Å². The first-order valence-corrected chi connectivity index (χ1v) is 7.74. The first-order chi connectivity index (χ1) is 10.3. The number of carbonyl (C=O) groups excluding carboxylic acids is 1. The van der Waals surface area contributed by atoms with Gasteiger partial charge in [0.15, 0.2) is 0 Å². The molecule has 1 atom stereocenters. The molecular formula is C17H26FNO3. The van der Waals surface area contributed by atoms with E-state index in [0.717, 1.165) is 12.8 Å². The predicted molar refractivity (Wildman–Crippen MR) is 83.0 cm³/mol. The van der Waals surface area contributed by atoms with E-state index in [-0.39, 0.29) is 18.7 Å². The fourth-order valence-corrected chi connectivity index (χ4v) is 2.12. The van der Waals surface area contributed by atoms with Crippen LogP contribution in [0.2, 0.25) is 0 Å². The van der Waals surface area contributed by atoms with Crippen LogP contribution in [0.5, 0.6) is 0 Å². The van der Waals surface area contributed by atoms with Crippen molar-refractivity contribution in [3.63, 3.8) is 0 Å². The highest BCUT2D eigenvalue weighted by molar-refractivity contribution is 5.81. The number of aromatic nitrogens is 1. The van der Waals surface area contributed by atoms with Gasteiger partial charge in [0, 0.05) is 12.8 Å². The maximum Gasteiger partial charge on any atom is 0.350 e. The lowest BCUT2D eigenvalue weighted by Gasteiger charge is -2.28. The minimum atomic E-state index is -2.23. The number of ether oxygens (including phenoxy) is 1. The SMILES string of the molecule is CC(C)(C)OC(=O)C(F)(CCCCCCO)c1ccccn1. The number of hydrogen-bond donors (Lipinski definition) is 1. The number of pyridine rings is 1. The molecule has 0 aliphatic heterocycles. The third kappa shape index (κ3) is 5.72. The molecule has 1 rings (SSSR count). The lowest BCUT2D eigenvalue weighted by Crippen LogP contribution is -2.38. The molecule has 0 saturated carbocycles. The quantitative estimate of drug-likeness (QED) is 0.589. The molecule has 1 aromatic rings. The van der Waals surface area contributed by atoms with Gasteiger partial charge in [0.25, 0.3) is 0 Å². The van der Waals surface area contributed by atoms with E-state index in [9.17, 15) is 4.79 Å². The number of hydrogen-bond acceptors (Lipinski definition) is 4. The van der Waals surface area contributed by atoms with Gasteiger partial charge in [-0.3, -0.25) is 4.98 Å². The highest BCUT2D eigenvalue weighted by Gasteiger charge is 2.44. The highest BCUT2D eigenvalue weighted by Crippen LogP contribution is 2.33. The zero-order valence-electron chi connectivity index (χ0n) is 13.6. The van der Waals surface area contributed by atoms with Crippen molar-refractivity contribution in [2.45, 2.75) is 64.1 Å². The van der Waals surface area contributed by atoms with E-state index in [1.807, 2.05) is 0 Å². The smallest absolute Gasteiger partial charge is 0.350 e. The topological polar surface area (TPSA) is 59.4 Å². The maximum atomic E-state index is 15.4. The van der Waals surface area contributed by atoms with Crippen molar-refractivity contribution in [2.75, 3.05) is 6.61 Å². The number of carbonyl (C=O) groups is 1. The maximum absolute atomic E-state index is 15.4. The third-order valence-corrected chi connectivity index (χ3v) is 3.22. The second kappa shape index (κ2) is 8.22. The average Bonchev–Trinajstić information content (AvgIpc) is 2.46. The molecule has 0 fully saturated rings. The van der Waals surface area contributed by atoms with Crippen LogP contribution in [0.4, 0.5) is 4.39 Å². The summed E-state index contributed by atoms with van der Waals surface area (Å²) in [4.78, 5) is 16.3. The lowest BCUT2D eigenvalue weighted by atomic mass is 9.93. The summed E-state index contributed by atoms with van der Waals surface area (Å²) in [5, 5.41) is 8.76. The first kappa shape index (κ1) is 18.6. The molecule has 5 heteroatoms. The van der Waals surface area contributed by atoms with Gasteiger partial charge in [-0.15, -0.1) is 0 Å². The van der Waals surface area contributed by atoms with E-state index in [1.165, 1.54) is 12.3 Å². The summed E-state index contributed by atoms with van der Waals surface area (Å²) in [7, 11) is 0. The zero-order valence-corrected chi connectivity index (χ0v) is 13.6. The van der Waals surface area contributed by atoms with Gasteiger partial charge in [-0.1, -0.05) is 18.9 Å². The number of alkyl halides is 1. The van der Waals surface area contributed by atoms with Gasteiger partial charge < -0.3 is 9.84 Å². The van der Waals surface area contributed by atoms with Crippen molar-refractivity contribution >= 4 is 5.97 Å². The Bertz CT molecular complexity index is 459. The van der Waals surface area contributed by atoms with Crippen LogP contribution >= 0.6 is 0 Å². The average molecular weight is 311 g/mol. The summed E-state index contributed by atoms with van der Waals surface area (Å²) < 4.78 is 20.6. The lowest BCUT2D eigenvalue weighted by molar-refractivity contribution is -0.171. The van der Waals surface area contributed by atoms with E-state index in [1.54, 1.807) is 32.9 Å². The summed E-state index contributed by atoms with van der Waals surface area (Å²) in [5.74, 6) is -0.888. The minimum absolute atomic E-state index is 0.0321. The number of nitrogens with zero attached hydrogens (tertiary/aromatic N) is 1. The molecule has 1 N–H and O–H groups in total. The fourth-order valence-electron chi connectivity index (χ4n) is 2.12. The fraction of sp³-hybridized carbons (Fsp3) is 0.647. The predicted octanol–water partition coefficient (Wildman–Crippen LogP) is 3.53. The molecular weight excluding hydrogens is 285 g/mol. The Balaban J connectivity index is 2.83. The third-order valence-electron chi connectivity index (χ3n) is 3.22. The molecule has 0 aromatic carbocycles. The summed E-state index contributed by atoms with van der Waals surface area (Å²) in [6.07, 6.45) is 4.29. The van der Waals surface area contributed by atoms with Crippen LogP contribution in [0.25, 0.3) is 0 Å². The van der Waals surface area contributed by atoms with Gasteiger partial charge in [0.2, 0.25) is 5.67 Å². The van der Waals surface area contributed by atoms with Gasteiger partial charge in [-0.05, 0) is 52.2 Å². The van der Waals surface area contributed by atoms with Crippen molar-refractivity contribution in [1.29, 1.82) is 0 Å². The summed E-state index contributed by atoms with van der Waals surface area (Å²) in [6, 6.07) is 4.85. The highest BCUT2D eigenvalue weighted by atomic mass is 19.1. The van der Waals surface area contributed by atoms with Gasteiger partial charge in [-0.25, -0.2) is 9.18 Å². The number of rotatable bonds is 8. The van der Waals surface area contributed by atoms with Crippen LogP contribution in [-0.2, 0) is 15.2 Å². The second-order valence-corrected chi connectivity index (χ2v) is 6.41. The molecule has 1 aromatic heterocycles. The van der Waals surface area contributed by atoms with Crippen LogP contribution in [0.15, 0.2) is 24.4 Å². The van der Waals surface area contributed by atoms with E-state index in [4.69, 9.17) is 9.84 Å². The molecule has 1 unspecified atom stereocenters. The second-order valence-electron chi connectivity index (χ2n) is 6.41. The Morgan fingerprint density at radius 3 is 2.45 bits per heavy atom. The summed E-state index contributed by atoms with van der Waals surface area (Å²) >= 11 is 0. The van der Waals surface area contributed by atoms with Crippen LogP contribution in [0, 0.1) is 0 Å². The van der Waals surface area contributed by atoms with Crippen LogP contribution in [0.3, 0.4) is 0 Å². The number of aliphatic hydroxyl groups excluding tert-OH is 1. The molecule has 22 heavy (non-hydrogen) atoms. The van der Waals surface area contributed by atoms with E-state index in [2.05, 4.69) is 4.98 Å². The molecule has 0 saturated heterocycles. The largest absolute Gasteiger partial charge is 0.457 e. The first-order valence-electron chi connectivity index (χ1n) is 7.74. The molecule has 0 spiro atoms. The Labute approximate surface area is 131 Å². The van der Waals surface area contributed by atoms with Gasteiger partial charge in [0.1, 0.15) is 5.60 Å². The standard InChI is InChI=1S/C17H26FNO3/c1-16(2,3)22-15(21)17(18,11-7-4-5-9-13-20)14-10-6-8-12-19-14/h6,8,10,12,20H,4-5,7,9,11,13H2,1-3H3. The zero-order chi connectivity index (χ0) is 16.6. The molecule has 0 aliphatic rings. The molecule has 4 nitrogen and oxygen atoms in total. The Hall–Kier alpha value is -1.49. The van der Waals surface area contributed by atoms with Crippen LogP contribution < -0.4 is 0 Å². The number of esters is 1. The number of unbranched alkanes of at least 4 members (excludes halogenated alkanes) is 3. The Morgan fingerprint density at radius 2 is 1.91 bits per heavy atom. The van der Waals surface area contributed by atoms with Gasteiger partial charge in [-0.2, -0.15) is 0 Å². The van der Waals surface area contributed by atoms with Gasteiger partial charge >= 0.3 is 5.97 Å². The summed E-state index contributed by atoms with van der Waals surface area (Å²) in [6.45, 7) is 5.27. The normalized spacial score (nSPS) is 14.4.